The smallest absolute Gasteiger partial charge is 0.317 e. The fourth-order valence-corrected chi connectivity index (χ4v) is 4.35. The molecule has 148 valence electrons. The van der Waals surface area contributed by atoms with Crippen LogP contribution in [-0.4, -0.2) is 65.3 Å². The summed E-state index contributed by atoms with van der Waals surface area (Å²) in [4.78, 5) is 17.4. The lowest BCUT2D eigenvalue weighted by Gasteiger charge is -2.42. The van der Waals surface area contributed by atoms with Crippen LogP contribution in [0.3, 0.4) is 0 Å². The molecular formula is C22H33N3O2. The van der Waals surface area contributed by atoms with Gasteiger partial charge in [0, 0.05) is 44.4 Å². The Morgan fingerprint density at radius 1 is 1.26 bits per heavy atom. The molecule has 1 aliphatic heterocycles. The van der Waals surface area contributed by atoms with Gasteiger partial charge < -0.3 is 15.3 Å². The first-order valence-corrected chi connectivity index (χ1v) is 10.5. The highest BCUT2D eigenvalue weighted by atomic mass is 16.3. The molecule has 5 heteroatoms. The highest BCUT2D eigenvalue weighted by Crippen LogP contribution is 2.39. The van der Waals surface area contributed by atoms with E-state index in [9.17, 15) is 9.90 Å². The van der Waals surface area contributed by atoms with Gasteiger partial charge in [-0.1, -0.05) is 24.3 Å². The summed E-state index contributed by atoms with van der Waals surface area (Å²) >= 11 is 0. The van der Waals surface area contributed by atoms with Crippen LogP contribution in [0.15, 0.2) is 24.3 Å². The summed E-state index contributed by atoms with van der Waals surface area (Å²) in [6.07, 6.45) is 6.49. The molecule has 1 atom stereocenters. The molecule has 2 amide bonds. The molecule has 0 radical (unpaired) electrons. The molecule has 5 nitrogen and oxygen atoms in total. The lowest BCUT2D eigenvalue weighted by Crippen LogP contribution is -2.58. The maximum Gasteiger partial charge on any atom is 0.317 e. The number of hydrogen-bond acceptors (Lipinski definition) is 3. The zero-order valence-electron chi connectivity index (χ0n) is 16.5. The minimum Gasteiger partial charge on any atom is -0.396 e. The Bertz CT molecular complexity index is 669. The monoisotopic (exact) mass is 371 g/mol. The van der Waals surface area contributed by atoms with E-state index in [1.807, 2.05) is 4.90 Å². The Kier molecular flexibility index (Phi) is 5.42. The molecule has 0 spiro atoms. The van der Waals surface area contributed by atoms with Crippen molar-refractivity contribution in [3.05, 3.63) is 35.4 Å². The van der Waals surface area contributed by atoms with Gasteiger partial charge in [0.25, 0.3) is 0 Å². The number of benzene rings is 1. The average Bonchev–Trinajstić information content (AvgIpc) is 3.57. The molecule has 0 bridgehead atoms. The second-order valence-electron chi connectivity index (χ2n) is 8.86. The minimum absolute atomic E-state index is 0.0547. The van der Waals surface area contributed by atoms with Crippen LogP contribution in [-0.2, 0) is 6.42 Å². The van der Waals surface area contributed by atoms with Crippen LogP contribution in [0, 0.1) is 12.8 Å². The molecule has 3 fully saturated rings. The molecule has 4 rings (SSSR count). The largest absolute Gasteiger partial charge is 0.396 e. The van der Waals surface area contributed by atoms with Crippen molar-refractivity contribution in [1.29, 1.82) is 0 Å². The first kappa shape index (κ1) is 18.8. The highest BCUT2D eigenvalue weighted by molar-refractivity contribution is 5.76. The van der Waals surface area contributed by atoms with Crippen molar-refractivity contribution in [2.24, 2.45) is 5.92 Å². The van der Waals surface area contributed by atoms with Crippen molar-refractivity contribution in [1.82, 2.24) is 15.1 Å². The summed E-state index contributed by atoms with van der Waals surface area (Å²) in [5.74, 6) is 0.843. The van der Waals surface area contributed by atoms with Crippen molar-refractivity contribution >= 4 is 6.03 Å². The Labute approximate surface area is 162 Å². The summed E-state index contributed by atoms with van der Waals surface area (Å²) in [5, 5.41) is 12.8. The zero-order valence-corrected chi connectivity index (χ0v) is 16.5. The predicted molar refractivity (Wildman–Crippen MR) is 107 cm³/mol. The maximum absolute atomic E-state index is 13.0. The van der Waals surface area contributed by atoms with Gasteiger partial charge in [-0.15, -0.1) is 0 Å². The number of carbonyl (C=O) groups excluding carboxylic acids is 1. The first-order chi connectivity index (χ1) is 13.1. The van der Waals surface area contributed by atoms with E-state index in [2.05, 4.69) is 41.4 Å². The minimum atomic E-state index is -0.0547. The molecule has 1 saturated heterocycles. The molecule has 1 aromatic rings. The Balaban J connectivity index is 1.34. The normalized spacial score (nSPS) is 24.7. The first-order valence-electron chi connectivity index (χ1n) is 10.5. The number of urea groups is 1. The fraction of sp³-hybridized carbons (Fsp3) is 0.682. The lowest BCUT2D eigenvalue weighted by atomic mass is 10.00. The van der Waals surface area contributed by atoms with Gasteiger partial charge in [-0.2, -0.15) is 0 Å². The van der Waals surface area contributed by atoms with E-state index in [1.54, 1.807) is 0 Å². The number of aryl methyl sites for hydroxylation is 1. The van der Waals surface area contributed by atoms with Crippen LogP contribution in [0.5, 0.6) is 0 Å². The number of amides is 2. The third-order valence-corrected chi connectivity index (χ3v) is 6.56. The van der Waals surface area contributed by atoms with Crippen molar-refractivity contribution < 1.29 is 9.90 Å². The van der Waals surface area contributed by atoms with E-state index >= 15 is 0 Å². The van der Waals surface area contributed by atoms with Crippen LogP contribution in [0.4, 0.5) is 4.79 Å². The number of aliphatic hydroxyl groups is 1. The van der Waals surface area contributed by atoms with Gasteiger partial charge in [-0.25, -0.2) is 4.79 Å². The number of carbonyl (C=O) groups is 1. The molecule has 2 aliphatic carbocycles. The van der Waals surface area contributed by atoms with Crippen molar-refractivity contribution in [3.8, 4) is 0 Å². The molecule has 1 heterocycles. The highest BCUT2D eigenvalue weighted by Gasteiger charge is 2.45. The van der Waals surface area contributed by atoms with E-state index in [-0.39, 0.29) is 18.2 Å². The molecule has 1 aromatic carbocycles. The predicted octanol–water partition coefficient (Wildman–Crippen LogP) is 2.56. The van der Waals surface area contributed by atoms with Gasteiger partial charge in [0.1, 0.15) is 0 Å². The molecule has 3 aliphatic rings. The number of hydrogen-bond donors (Lipinski definition) is 2. The molecule has 2 N–H and O–H groups in total. The van der Waals surface area contributed by atoms with Crippen LogP contribution >= 0.6 is 0 Å². The molecule has 27 heavy (non-hydrogen) atoms. The second-order valence-corrected chi connectivity index (χ2v) is 8.86. The van der Waals surface area contributed by atoms with Gasteiger partial charge in [0.05, 0.1) is 0 Å². The van der Waals surface area contributed by atoms with Crippen molar-refractivity contribution in [2.75, 3.05) is 32.8 Å². The van der Waals surface area contributed by atoms with Gasteiger partial charge >= 0.3 is 6.03 Å². The summed E-state index contributed by atoms with van der Waals surface area (Å²) in [7, 11) is 0. The van der Waals surface area contributed by atoms with E-state index in [4.69, 9.17) is 0 Å². The van der Waals surface area contributed by atoms with E-state index in [1.165, 1.54) is 24.0 Å². The van der Waals surface area contributed by atoms with Crippen molar-refractivity contribution in [3.63, 3.8) is 0 Å². The third-order valence-electron chi connectivity index (χ3n) is 6.56. The Morgan fingerprint density at radius 3 is 2.70 bits per heavy atom. The fourth-order valence-electron chi connectivity index (χ4n) is 4.35. The molecule has 0 unspecified atom stereocenters. The Hall–Kier alpha value is -1.59. The molecule has 2 saturated carbocycles. The zero-order chi connectivity index (χ0) is 18.9. The second kappa shape index (κ2) is 7.80. The SMILES string of the molecule is Cc1ccccc1CC1(NC(=O)N2CCN(CC3CC3)[C@H](CCO)C2)CC1. The average molecular weight is 372 g/mol. The number of rotatable bonds is 7. The van der Waals surface area contributed by atoms with E-state index < -0.39 is 0 Å². The number of aliphatic hydroxyl groups excluding tert-OH is 1. The Morgan fingerprint density at radius 2 is 2.04 bits per heavy atom. The maximum atomic E-state index is 13.0. The van der Waals surface area contributed by atoms with Crippen LogP contribution < -0.4 is 5.32 Å². The number of nitrogens with one attached hydrogen (secondary N) is 1. The van der Waals surface area contributed by atoms with Gasteiger partial charge in [-0.3, -0.25) is 4.90 Å². The third kappa shape index (κ3) is 4.64. The number of nitrogens with zero attached hydrogens (tertiary/aromatic N) is 2. The van der Waals surface area contributed by atoms with Gasteiger partial charge in [0.15, 0.2) is 0 Å². The summed E-state index contributed by atoms with van der Waals surface area (Å²) in [6.45, 7) is 5.93. The van der Waals surface area contributed by atoms with Crippen LogP contribution in [0.2, 0.25) is 0 Å². The van der Waals surface area contributed by atoms with Gasteiger partial charge in [-0.05, 0) is 62.5 Å². The quantitative estimate of drug-likeness (QED) is 0.774. The van der Waals surface area contributed by atoms with Gasteiger partial charge in [0.2, 0.25) is 0 Å². The summed E-state index contributed by atoms with van der Waals surface area (Å²) in [5.41, 5.74) is 2.58. The molecule has 0 aromatic heterocycles. The van der Waals surface area contributed by atoms with Crippen LogP contribution in [0.1, 0.15) is 43.2 Å². The summed E-state index contributed by atoms with van der Waals surface area (Å²) in [6, 6.07) is 8.84. The lowest BCUT2D eigenvalue weighted by molar-refractivity contribution is 0.0692. The van der Waals surface area contributed by atoms with Crippen LogP contribution in [0.25, 0.3) is 0 Å². The number of piperazine rings is 1. The van der Waals surface area contributed by atoms with E-state index in [0.29, 0.717) is 6.04 Å². The van der Waals surface area contributed by atoms with Crippen molar-refractivity contribution in [2.45, 2.75) is 57.0 Å². The molecular weight excluding hydrogens is 338 g/mol. The standard InChI is InChI=1S/C22H33N3O2/c1-17-4-2-3-5-19(17)14-22(9-10-22)23-21(27)25-12-11-24(15-18-6-7-18)20(16-25)8-13-26/h2-5,18,20,26H,6-16H2,1H3,(H,23,27)/t20-/m1/s1. The topological polar surface area (TPSA) is 55.8 Å². The summed E-state index contributed by atoms with van der Waals surface area (Å²) < 4.78 is 0. The van der Waals surface area contributed by atoms with E-state index in [0.717, 1.165) is 57.8 Å².